The highest BCUT2D eigenvalue weighted by molar-refractivity contribution is 8.93. The fourth-order valence-corrected chi connectivity index (χ4v) is 6.67. The van der Waals surface area contributed by atoms with Gasteiger partial charge in [0.15, 0.2) is 11.3 Å². The van der Waals surface area contributed by atoms with Crippen molar-refractivity contribution in [3.05, 3.63) is 71.7 Å². The lowest BCUT2D eigenvalue weighted by atomic mass is 9.81. The summed E-state index contributed by atoms with van der Waals surface area (Å²) in [5, 5.41) is 29.3. The summed E-state index contributed by atoms with van der Waals surface area (Å²) in [6.07, 6.45) is 2.87. The third-order valence-corrected chi connectivity index (χ3v) is 8.81. The first-order valence-corrected chi connectivity index (χ1v) is 15.2. The number of benzene rings is 2. The number of fused-ring (bicyclic) bond motifs is 6. The van der Waals surface area contributed by atoms with E-state index in [-0.39, 0.29) is 29.0 Å². The minimum Gasteiger partial charge on any atom is -0.470 e. The van der Waals surface area contributed by atoms with Crippen LogP contribution in [0.25, 0.3) is 27.9 Å². The number of aryl methyl sites for hydroxylation is 2. The predicted molar refractivity (Wildman–Crippen MR) is 182 cm³/mol. The number of likely N-dealkylation sites (N-methyl/N-ethyl adjacent to an activating group) is 2. The minimum atomic E-state index is -0.429. The minimum absolute atomic E-state index is 0. The first-order valence-electron chi connectivity index (χ1n) is 15.2. The van der Waals surface area contributed by atoms with Crippen molar-refractivity contribution < 1.29 is 18.8 Å². The zero-order valence-electron chi connectivity index (χ0n) is 27.4. The van der Waals surface area contributed by atoms with Crippen molar-refractivity contribution in [3.63, 3.8) is 0 Å². The molecular formula is C32H36BrN11O4. The van der Waals surface area contributed by atoms with Gasteiger partial charge in [0.05, 0.1) is 12.4 Å². The number of nitrogens with zero attached hydrogens (tertiary/aromatic N) is 10. The molecule has 6 aromatic rings. The molecule has 0 radical (unpaired) electrons. The maximum absolute atomic E-state index is 11.4. The van der Waals surface area contributed by atoms with Crippen LogP contribution in [0.2, 0.25) is 0 Å². The first-order chi connectivity index (χ1) is 22.7. The van der Waals surface area contributed by atoms with Crippen LogP contribution in [-0.4, -0.2) is 84.8 Å². The van der Waals surface area contributed by atoms with Crippen LogP contribution in [0.15, 0.2) is 59.3 Å². The monoisotopic (exact) mass is 717 g/mol. The van der Waals surface area contributed by atoms with E-state index in [0.29, 0.717) is 46.4 Å². The fourth-order valence-electron chi connectivity index (χ4n) is 6.67. The van der Waals surface area contributed by atoms with Crippen LogP contribution < -0.4 is 19.7 Å². The quantitative estimate of drug-likeness (QED) is 0.270. The molecule has 0 saturated carbocycles. The molecule has 1 N–H and O–H groups in total. The van der Waals surface area contributed by atoms with Crippen LogP contribution >= 0.6 is 17.0 Å². The highest BCUT2D eigenvalue weighted by atomic mass is 79.9. The van der Waals surface area contributed by atoms with Gasteiger partial charge in [-0.15, -0.1) is 37.4 Å². The van der Waals surface area contributed by atoms with Crippen LogP contribution in [0.5, 0.6) is 11.6 Å². The summed E-state index contributed by atoms with van der Waals surface area (Å²) in [5.74, 6) is 2.22. The van der Waals surface area contributed by atoms with E-state index in [9.17, 15) is 4.79 Å². The van der Waals surface area contributed by atoms with Crippen LogP contribution in [0.1, 0.15) is 30.4 Å². The largest absolute Gasteiger partial charge is 0.470 e. The maximum atomic E-state index is 11.4. The van der Waals surface area contributed by atoms with E-state index < -0.39 is 6.09 Å². The number of likely N-dealkylation sites (tertiary alicyclic amines) is 1. The van der Waals surface area contributed by atoms with Crippen molar-refractivity contribution in [1.82, 2.24) is 50.2 Å². The van der Waals surface area contributed by atoms with Gasteiger partial charge in [-0.1, -0.05) is 35.5 Å². The molecule has 4 aromatic heterocycles. The van der Waals surface area contributed by atoms with Crippen molar-refractivity contribution in [2.45, 2.75) is 38.5 Å². The Morgan fingerprint density at radius 3 is 2.58 bits per heavy atom. The lowest BCUT2D eigenvalue weighted by molar-refractivity contribution is 0.203. The Morgan fingerprint density at radius 1 is 1.08 bits per heavy atom. The number of anilines is 1. The zero-order valence-corrected chi connectivity index (χ0v) is 29.1. The summed E-state index contributed by atoms with van der Waals surface area (Å²) in [7, 11) is 7.67. The third-order valence-electron chi connectivity index (χ3n) is 8.81. The average Bonchev–Trinajstić information content (AvgIpc) is 3.89. The lowest BCUT2D eigenvalue weighted by Gasteiger charge is -2.32. The number of ether oxygens (including phenoxy) is 2. The number of carbonyl (C=O) groups excluding carboxylic acids is 1. The molecule has 8 rings (SSSR count). The number of hydrogen-bond acceptors (Lipinski definition) is 12. The number of hydrogen-bond donors (Lipinski definition) is 1. The van der Waals surface area contributed by atoms with E-state index in [1.165, 1.54) is 11.3 Å². The first kappa shape index (κ1) is 32.8. The number of nitrogens with one attached hydrogen (secondary N) is 1. The summed E-state index contributed by atoms with van der Waals surface area (Å²) < 4.78 is 19.6. The lowest BCUT2D eigenvalue weighted by Crippen LogP contribution is -2.45. The van der Waals surface area contributed by atoms with E-state index >= 15 is 0 Å². The summed E-state index contributed by atoms with van der Waals surface area (Å²) in [5.41, 5.74) is 4.49. The van der Waals surface area contributed by atoms with Gasteiger partial charge in [0.1, 0.15) is 23.8 Å². The van der Waals surface area contributed by atoms with E-state index in [4.69, 9.17) is 14.0 Å². The van der Waals surface area contributed by atoms with E-state index in [1.807, 2.05) is 49.4 Å². The van der Waals surface area contributed by atoms with Crippen molar-refractivity contribution in [2.75, 3.05) is 32.6 Å². The molecule has 0 spiro atoms. The molecule has 15 nitrogen and oxygen atoms in total. The molecule has 2 aliphatic heterocycles. The Bertz CT molecular complexity index is 2110. The van der Waals surface area contributed by atoms with Gasteiger partial charge >= 0.3 is 6.09 Å². The van der Waals surface area contributed by atoms with Gasteiger partial charge in [0.25, 0.3) is 0 Å². The Hall–Kier alpha value is -5.09. The second kappa shape index (κ2) is 12.8. The Labute approximate surface area is 286 Å². The predicted octanol–water partition coefficient (Wildman–Crippen LogP) is 4.30. The van der Waals surface area contributed by atoms with Gasteiger partial charge in [-0.3, -0.25) is 9.58 Å². The topological polar surface area (TPSA) is 154 Å². The van der Waals surface area contributed by atoms with Crippen molar-refractivity contribution in [3.8, 4) is 23.1 Å². The van der Waals surface area contributed by atoms with Gasteiger partial charge < -0.3 is 24.2 Å². The van der Waals surface area contributed by atoms with E-state index in [2.05, 4.69) is 66.9 Å². The molecule has 6 heterocycles. The standard InChI is InChI=1S/C17H14N8O2.C15H21N3O2.BrH/c1-10-7-14(22-27-10)16-20-19-15-12-5-3-4-6-13(12)17(21-25(15)16)26-9-11-8-24(2)23-18-11;1-15-7-8-17(3)13(15)18(4)12-6-5-10(9-11(12)15)20-14(19)16-2;/h3-8H,9H2,1-2H3;5-6,9,13H,7-8H2,1-4H3,(H,16,19);1H/t;13-,15+;/m.1./s1. The molecule has 0 bridgehead atoms. The Kier molecular flexibility index (Phi) is 8.78. The van der Waals surface area contributed by atoms with Crippen molar-refractivity contribution in [2.24, 2.45) is 7.05 Å². The van der Waals surface area contributed by atoms with E-state index in [1.54, 1.807) is 35.6 Å². The fraction of sp³-hybridized carbons (Fsp3) is 0.344. The van der Waals surface area contributed by atoms with Gasteiger partial charge in [-0.05, 0) is 50.2 Å². The molecule has 0 aliphatic carbocycles. The van der Waals surface area contributed by atoms with Crippen molar-refractivity contribution in [1.29, 1.82) is 0 Å². The average molecular weight is 719 g/mol. The Balaban J connectivity index is 0.000000171. The van der Waals surface area contributed by atoms with Crippen LogP contribution in [0, 0.1) is 6.92 Å². The molecule has 1 amide bonds. The van der Waals surface area contributed by atoms with Crippen LogP contribution in [-0.2, 0) is 19.1 Å². The molecule has 48 heavy (non-hydrogen) atoms. The molecule has 2 aliphatic rings. The number of rotatable bonds is 5. The summed E-state index contributed by atoms with van der Waals surface area (Å²) in [6, 6.07) is 15.4. The molecule has 1 fully saturated rings. The highest BCUT2D eigenvalue weighted by Crippen LogP contribution is 2.51. The molecule has 2 atom stereocenters. The maximum Gasteiger partial charge on any atom is 0.412 e. The molecule has 250 valence electrons. The number of amides is 1. The SMILES string of the molecule is Br.CNC(=O)Oc1ccc2c(c1)[C@]1(C)CCN(C)[C@@H]1N2C.Cc1cc(-c2nnc3c4ccccc4c(OCc4cn(C)nn4)nn23)no1. The smallest absolute Gasteiger partial charge is 0.412 e. The molecule has 16 heteroatoms. The zero-order chi connectivity index (χ0) is 32.9. The highest BCUT2D eigenvalue weighted by Gasteiger charge is 2.52. The number of carbonyl (C=O) groups is 1. The second-order valence-corrected chi connectivity index (χ2v) is 12.1. The third kappa shape index (κ3) is 5.70. The Morgan fingerprint density at radius 2 is 1.88 bits per heavy atom. The van der Waals surface area contributed by atoms with Gasteiger partial charge in [0.2, 0.25) is 11.7 Å². The summed E-state index contributed by atoms with van der Waals surface area (Å²) >= 11 is 0. The van der Waals surface area contributed by atoms with Crippen molar-refractivity contribution >= 4 is 45.2 Å². The molecule has 0 unspecified atom stereocenters. The molecule has 2 aromatic carbocycles. The molecular weight excluding hydrogens is 682 g/mol. The van der Waals surface area contributed by atoms with Gasteiger partial charge in [-0.25, -0.2) is 4.79 Å². The summed E-state index contributed by atoms with van der Waals surface area (Å²) in [6.45, 7) is 5.45. The van der Waals surface area contributed by atoms with Gasteiger partial charge in [-0.2, -0.15) is 4.52 Å². The van der Waals surface area contributed by atoms with Gasteiger partial charge in [0, 0.05) is 55.6 Å². The number of halogens is 1. The van der Waals surface area contributed by atoms with Crippen LogP contribution in [0.4, 0.5) is 10.5 Å². The van der Waals surface area contributed by atoms with Crippen LogP contribution in [0.3, 0.4) is 0 Å². The summed E-state index contributed by atoms with van der Waals surface area (Å²) in [4.78, 5) is 16.1. The number of aromatic nitrogens is 8. The molecule has 1 saturated heterocycles. The second-order valence-electron chi connectivity index (χ2n) is 12.1. The normalized spacial score (nSPS) is 18.2. The van der Waals surface area contributed by atoms with E-state index in [0.717, 1.165) is 23.7 Å².